The van der Waals surface area contributed by atoms with Crippen LogP contribution in [0.25, 0.3) is 0 Å². The number of aliphatic hydroxyl groups excluding tert-OH is 1. The number of hydrogen-bond acceptors (Lipinski definition) is 3. The summed E-state index contributed by atoms with van der Waals surface area (Å²) in [5, 5.41) is 11.5. The van der Waals surface area contributed by atoms with Crippen LogP contribution in [0.4, 0.5) is 4.39 Å². The van der Waals surface area contributed by atoms with E-state index in [2.05, 4.69) is 21.2 Å². The van der Waals surface area contributed by atoms with E-state index < -0.39 is 17.8 Å². The second-order valence-corrected chi connectivity index (χ2v) is 4.29. The number of aliphatic hydroxyl groups is 1. The lowest BCUT2D eigenvalue weighted by molar-refractivity contribution is 0.0839. The monoisotopic (exact) mass is 305 g/mol. The maximum atomic E-state index is 13.2. The highest BCUT2D eigenvalue weighted by molar-refractivity contribution is 9.10. The van der Waals surface area contributed by atoms with Crippen molar-refractivity contribution < 1.29 is 19.0 Å². The zero-order valence-corrected chi connectivity index (χ0v) is 10.8. The van der Waals surface area contributed by atoms with Crippen molar-refractivity contribution in [1.82, 2.24) is 5.32 Å². The van der Waals surface area contributed by atoms with Crippen LogP contribution >= 0.6 is 15.9 Å². The number of halogens is 2. The Labute approximate surface area is 107 Å². The van der Waals surface area contributed by atoms with Crippen LogP contribution in [0.1, 0.15) is 10.4 Å². The normalized spacial score (nSPS) is 12.2. The van der Waals surface area contributed by atoms with Crippen molar-refractivity contribution in [2.24, 2.45) is 0 Å². The Morgan fingerprint density at radius 1 is 1.65 bits per heavy atom. The summed E-state index contributed by atoms with van der Waals surface area (Å²) in [7, 11) is 1.47. The SMILES string of the molecule is COCC(CO)NC(=O)c1ccc(Br)c(F)c1. The van der Waals surface area contributed by atoms with Gasteiger partial charge in [-0.2, -0.15) is 0 Å². The molecule has 0 aliphatic carbocycles. The topological polar surface area (TPSA) is 58.6 Å². The highest BCUT2D eigenvalue weighted by atomic mass is 79.9. The first-order chi connectivity index (χ1) is 8.08. The van der Waals surface area contributed by atoms with E-state index >= 15 is 0 Å². The molecule has 1 atom stereocenters. The van der Waals surface area contributed by atoms with E-state index in [4.69, 9.17) is 9.84 Å². The highest BCUT2D eigenvalue weighted by Gasteiger charge is 2.13. The lowest BCUT2D eigenvalue weighted by Gasteiger charge is -2.15. The van der Waals surface area contributed by atoms with E-state index in [0.717, 1.165) is 6.07 Å². The Kier molecular flexibility index (Phi) is 5.54. The lowest BCUT2D eigenvalue weighted by atomic mass is 10.2. The minimum absolute atomic E-state index is 0.195. The van der Waals surface area contributed by atoms with Gasteiger partial charge in [0.05, 0.1) is 23.7 Å². The van der Waals surface area contributed by atoms with Crippen molar-refractivity contribution in [3.05, 3.63) is 34.1 Å². The largest absolute Gasteiger partial charge is 0.394 e. The van der Waals surface area contributed by atoms with E-state index in [-0.39, 0.29) is 18.8 Å². The van der Waals surface area contributed by atoms with Crippen LogP contribution < -0.4 is 5.32 Å². The first kappa shape index (κ1) is 14.1. The molecule has 0 saturated heterocycles. The molecular formula is C11H13BrFNO3. The Morgan fingerprint density at radius 2 is 2.35 bits per heavy atom. The van der Waals surface area contributed by atoms with Crippen LogP contribution in [-0.4, -0.2) is 37.4 Å². The molecule has 2 N–H and O–H groups in total. The fraction of sp³-hybridized carbons (Fsp3) is 0.364. The minimum Gasteiger partial charge on any atom is -0.394 e. The lowest BCUT2D eigenvalue weighted by Crippen LogP contribution is -2.40. The standard InChI is InChI=1S/C11H13BrFNO3/c1-17-6-8(5-15)14-11(16)7-2-3-9(12)10(13)4-7/h2-4,8,15H,5-6H2,1H3,(H,14,16). The summed E-state index contributed by atoms with van der Waals surface area (Å²) in [4.78, 5) is 11.7. The molecule has 17 heavy (non-hydrogen) atoms. The van der Waals surface area contributed by atoms with Crippen LogP contribution in [0.5, 0.6) is 0 Å². The molecule has 0 heterocycles. The van der Waals surface area contributed by atoms with Gasteiger partial charge in [0, 0.05) is 12.7 Å². The Morgan fingerprint density at radius 3 is 2.88 bits per heavy atom. The van der Waals surface area contributed by atoms with E-state index in [1.54, 1.807) is 0 Å². The number of amides is 1. The third kappa shape index (κ3) is 4.07. The molecule has 0 bridgehead atoms. The molecule has 4 nitrogen and oxygen atoms in total. The van der Waals surface area contributed by atoms with Crippen molar-refractivity contribution in [2.75, 3.05) is 20.3 Å². The number of carbonyl (C=O) groups excluding carboxylic acids is 1. The number of benzene rings is 1. The maximum absolute atomic E-state index is 13.2. The maximum Gasteiger partial charge on any atom is 0.251 e. The van der Waals surface area contributed by atoms with Crippen LogP contribution in [0.15, 0.2) is 22.7 Å². The summed E-state index contributed by atoms with van der Waals surface area (Å²) >= 11 is 3.00. The van der Waals surface area contributed by atoms with Gasteiger partial charge in [-0.15, -0.1) is 0 Å². The van der Waals surface area contributed by atoms with Crippen LogP contribution in [-0.2, 0) is 4.74 Å². The number of hydrogen-bond donors (Lipinski definition) is 2. The van der Waals surface area contributed by atoms with Crippen molar-refractivity contribution in [3.8, 4) is 0 Å². The Bertz CT molecular complexity index is 400. The Balaban J connectivity index is 2.72. The predicted molar refractivity (Wildman–Crippen MR) is 64.3 cm³/mol. The van der Waals surface area contributed by atoms with Gasteiger partial charge in [0.25, 0.3) is 5.91 Å². The third-order valence-electron chi connectivity index (χ3n) is 2.11. The molecule has 0 aliphatic rings. The van der Waals surface area contributed by atoms with Crippen LogP contribution in [0, 0.1) is 5.82 Å². The van der Waals surface area contributed by atoms with Crippen molar-refractivity contribution in [2.45, 2.75) is 6.04 Å². The molecule has 0 radical (unpaired) electrons. The summed E-state index contributed by atoms with van der Waals surface area (Å²) in [5.74, 6) is -0.961. The number of carbonyl (C=O) groups is 1. The Hall–Kier alpha value is -0.980. The second kappa shape index (κ2) is 6.68. The van der Waals surface area contributed by atoms with Crippen LogP contribution in [0.3, 0.4) is 0 Å². The summed E-state index contributed by atoms with van der Waals surface area (Å²) in [6.45, 7) is -0.0418. The number of rotatable bonds is 5. The molecule has 94 valence electrons. The second-order valence-electron chi connectivity index (χ2n) is 3.44. The molecule has 0 saturated carbocycles. The van der Waals surface area contributed by atoms with Crippen LogP contribution in [0.2, 0.25) is 0 Å². The van der Waals surface area contributed by atoms with Gasteiger partial charge in [0.1, 0.15) is 5.82 Å². The van der Waals surface area contributed by atoms with E-state index in [1.807, 2.05) is 0 Å². The molecule has 1 rings (SSSR count). The van der Waals surface area contributed by atoms with Gasteiger partial charge >= 0.3 is 0 Å². The third-order valence-corrected chi connectivity index (χ3v) is 2.75. The molecule has 0 spiro atoms. The summed E-state index contributed by atoms with van der Waals surface area (Å²) in [5.41, 5.74) is 0.195. The molecule has 1 unspecified atom stereocenters. The van der Waals surface area contributed by atoms with Crippen molar-refractivity contribution in [1.29, 1.82) is 0 Å². The fourth-order valence-corrected chi connectivity index (χ4v) is 1.49. The first-order valence-electron chi connectivity index (χ1n) is 4.94. The zero-order chi connectivity index (χ0) is 12.8. The fourth-order valence-electron chi connectivity index (χ4n) is 1.25. The van der Waals surface area contributed by atoms with Gasteiger partial charge in [0.2, 0.25) is 0 Å². The first-order valence-corrected chi connectivity index (χ1v) is 5.73. The number of ether oxygens (including phenoxy) is 1. The average molecular weight is 306 g/mol. The molecule has 1 aromatic carbocycles. The van der Waals surface area contributed by atoms with Gasteiger partial charge in [-0.05, 0) is 34.1 Å². The smallest absolute Gasteiger partial charge is 0.251 e. The number of nitrogens with one attached hydrogen (secondary N) is 1. The van der Waals surface area contributed by atoms with Gasteiger partial charge < -0.3 is 15.2 Å². The quantitative estimate of drug-likeness (QED) is 0.863. The summed E-state index contributed by atoms with van der Waals surface area (Å²) in [6.07, 6.45) is 0. The highest BCUT2D eigenvalue weighted by Crippen LogP contribution is 2.16. The molecular weight excluding hydrogens is 293 g/mol. The van der Waals surface area contributed by atoms with Gasteiger partial charge in [-0.25, -0.2) is 4.39 Å². The van der Waals surface area contributed by atoms with Crippen molar-refractivity contribution in [3.63, 3.8) is 0 Å². The molecule has 0 aliphatic heterocycles. The predicted octanol–water partition coefficient (Wildman–Crippen LogP) is 1.33. The molecule has 1 amide bonds. The average Bonchev–Trinajstić information content (AvgIpc) is 2.31. The van der Waals surface area contributed by atoms with E-state index in [1.165, 1.54) is 19.2 Å². The van der Waals surface area contributed by atoms with Gasteiger partial charge in [-0.3, -0.25) is 4.79 Å². The minimum atomic E-state index is -0.509. The number of methoxy groups -OCH3 is 1. The molecule has 1 aromatic rings. The molecule has 0 aromatic heterocycles. The van der Waals surface area contributed by atoms with Gasteiger partial charge in [-0.1, -0.05) is 0 Å². The molecule has 0 fully saturated rings. The van der Waals surface area contributed by atoms with E-state index in [9.17, 15) is 9.18 Å². The molecule has 6 heteroatoms. The summed E-state index contributed by atoms with van der Waals surface area (Å²) in [6, 6.07) is 3.57. The van der Waals surface area contributed by atoms with Crippen molar-refractivity contribution >= 4 is 21.8 Å². The van der Waals surface area contributed by atoms with E-state index in [0.29, 0.717) is 4.47 Å². The van der Waals surface area contributed by atoms with Gasteiger partial charge in [0.15, 0.2) is 0 Å². The zero-order valence-electron chi connectivity index (χ0n) is 9.24. The summed E-state index contributed by atoms with van der Waals surface area (Å²) < 4.78 is 18.3.